The third-order valence-electron chi connectivity index (χ3n) is 4.69. The average molecular weight is 360 g/mol. The minimum Gasteiger partial charge on any atom is -0.419 e. The van der Waals surface area contributed by atoms with E-state index in [2.05, 4.69) is 15.3 Å². The normalized spacial score (nSPS) is 15.4. The maximum Gasteiger partial charge on any atom is 0.265 e. The van der Waals surface area contributed by atoms with Crippen LogP contribution in [0.4, 0.5) is 0 Å². The molecule has 2 aromatic heterocycles. The first-order chi connectivity index (χ1) is 12.5. The van der Waals surface area contributed by atoms with E-state index in [9.17, 15) is 9.59 Å². The van der Waals surface area contributed by atoms with Crippen molar-refractivity contribution >= 4 is 11.8 Å². The number of carbonyl (C=O) groups is 2. The molecular formula is C17H24N6O3. The van der Waals surface area contributed by atoms with E-state index >= 15 is 0 Å². The molecule has 3 rings (SSSR count). The summed E-state index contributed by atoms with van der Waals surface area (Å²) in [6.07, 6.45) is 1.95. The van der Waals surface area contributed by atoms with Gasteiger partial charge in [-0.25, -0.2) is 0 Å². The SMILES string of the molecule is CCn1nc(C)cc1-c1nnc(CCC(=O)N2CCC(C(N)=O)CC2)o1. The molecule has 9 heteroatoms. The molecule has 26 heavy (non-hydrogen) atoms. The van der Waals surface area contributed by atoms with Gasteiger partial charge in [-0.2, -0.15) is 5.10 Å². The Balaban J connectivity index is 1.55. The van der Waals surface area contributed by atoms with E-state index in [1.807, 2.05) is 19.9 Å². The number of hydrogen-bond acceptors (Lipinski definition) is 6. The summed E-state index contributed by atoms with van der Waals surface area (Å²) in [5.41, 5.74) is 6.99. The summed E-state index contributed by atoms with van der Waals surface area (Å²) in [4.78, 5) is 25.3. The second-order valence-electron chi connectivity index (χ2n) is 6.55. The van der Waals surface area contributed by atoms with Crippen molar-refractivity contribution in [3.8, 4) is 11.6 Å². The van der Waals surface area contributed by atoms with Crippen LogP contribution in [0.15, 0.2) is 10.5 Å². The van der Waals surface area contributed by atoms with E-state index in [0.29, 0.717) is 57.1 Å². The van der Waals surface area contributed by atoms with Crippen LogP contribution in [-0.2, 0) is 22.6 Å². The molecule has 0 unspecified atom stereocenters. The minimum absolute atomic E-state index is 0.0297. The van der Waals surface area contributed by atoms with Crippen LogP contribution in [0.25, 0.3) is 11.6 Å². The van der Waals surface area contributed by atoms with E-state index in [1.165, 1.54) is 0 Å². The molecule has 0 atom stereocenters. The van der Waals surface area contributed by atoms with Gasteiger partial charge in [-0.05, 0) is 32.8 Å². The van der Waals surface area contributed by atoms with Gasteiger partial charge < -0.3 is 15.1 Å². The van der Waals surface area contributed by atoms with Crippen molar-refractivity contribution in [3.05, 3.63) is 17.7 Å². The first-order valence-corrected chi connectivity index (χ1v) is 8.92. The fraction of sp³-hybridized carbons (Fsp3) is 0.588. The Bertz CT molecular complexity index is 788. The number of aryl methyl sites for hydroxylation is 3. The number of amides is 2. The molecule has 1 saturated heterocycles. The third-order valence-corrected chi connectivity index (χ3v) is 4.69. The minimum atomic E-state index is -0.281. The Kier molecular flexibility index (Phi) is 5.34. The molecule has 0 saturated carbocycles. The van der Waals surface area contributed by atoms with Gasteiger partial charge in [0.05, 0.1) is 5.69 Å². The molecule has 3 heterocycles. The van der Waals surface area contributed by atoms with Crippen LogP contribution >= 0.6 is 0 Å². The van der Waals surface area contributed by atoms with Crippen molar-refractivity contribution < 1.29 is 14.0 Å². The largest absolute Gasteiger partial charge is 0.419 e. The van der Waals surface area contributed by atoms with E-state index in [4.69, 9.17) is 10.2 Å². The van der Waals surface area contributed by atoms with Crippen LogP contribution in [-0.4, -0.2) is 49.8 Å². The Hall–Kier alpha value is -2.71. The summed E-state index contributed by atoms with van der Waals surface area (Å²) in [5, 5.41) is 12.5. The van der Waals surface area contributed by atoms with Gasteiger partial charge in [0.15, 0.2) is 0 Å². The van der Waals surface area contributed by atoms with E-state index in [-0.39, 0.29) is 17.7 Å². The van der Waals surface area contributed by atoms with Gasteiger partial charge in [0.1, 0.15) is 5.69 Å². The standard InChI is InChI=1S/C17H24N6O3/c1-3-23-13(10-11(2)21-23)17-20-19-14(26-17)4-5-15(24)22-8-6-12(7-9-22)16(18)25/h10,12H,3-9H2,1-2H3,(H2,18,25). The Labute approximate surface area is 151 Å². The summed E-state index contributed by atoms with van der Waals surface area (Å²) < 4.78 is 7.50. The number of carbonyl (C=O) groups excluding carboxylic acids is 2. The Morgan fingerprint density at radius 3 is 2.69 bits per heavy atom. The van der Waals surface area contributed by atoms with Crippen LogP contribution < -0.4 is 5.73 Å². The predicted molar refractivity (Wildman–Crippen MR) is 92.7 cm³/mol. The van der Waals surface area contributed by atoms with Gasteiger partial charge in [0.25, 0.3) is 5.89 Å². The van der Waals surface area contributed by atoms with Gasteiger partial charge in [-0.1, -0.05) is 0 Å². The number of nitrogens with two attached hydrogens (primary N) is 1. The lowest BCUT2D eigenvalue weighted by molar-refractivity contribution is -0.134. The van der Waals surface area contributed by atoms with Crippen LogP contribution in [0.5, 0.6) is 0 Å². The van der Waals surface area contributed by atoms with Gasteiger partial charge >= 0.3 is 0 Å². The monoisotopic (exact) mass is 360 g/mol. The molecule has 0 radical (unpaired) electrons. The number of aromatic nitrogens is 4. The molecule has 140 valence electrons. The molecule has 1 aliphatic rings. The Morgan fingerprint density at radius 2 is 2.04 bits per heavy atom. The number of primary amides is 1. The number of piperidine rings is 1. The van der Waals surface area contributed by atoms with Crippen LogP contribution in [0.3, 0.4) is 0 Å². The van der Waals surface area contributed by atoms with E-state index < -0.39 is 0 Å². The first kappa shape index (κ1) is 18.1. The van der Waals surface area contributed by atoms with Gasteiger partial charge in [-0.3, -0.25) is 14.3 Å². The van der Waals surface area contributed by atoms with Crippen molar-refractivity contribution in [2.24, 2.45) is 11.7 Å². The van der Waals surface area contributed by atoms with Gasteiger partial charge in [-0.15, -0.1) is 10.2 Å². The zero-order valence-corrected chi connectivity index (χ0v) is 15.1. The maximum atomic E-state index is 12.3. The van der Waals surface area contributed by atoms with Crippen molar-refractivity contribution in [1.82, 2.24) is 24.9 Å². The summed E-state index contributed by atoms with van der Waals surface area (Å²) >= 11 is 0. The second-order valence-corrected chi connectivity index (χ2v) is 6.55. The number of hydrogen-bond donors (Lipinski definition) is 1. The average Bonchev–Trinajstić information content (AvgIpc) is 3.25. The Morgan fingerprint density at radius 1 is 1.31 bits per heavy atom. The molecule has 0 aromatic carbocycles. The fourth-order valence-corrected chi connectivity index (χ4v) is 3.20. The van der Waals surface area contributed by atoms with Crippen LogP contribution in [0.1, 0.15) is 37.8 Å². The molecule has 1 fully saturated rings. The van der Waals surface area contributed by atoms with Gasteiger partial charge in [0.2, 0.25) is 17.7 Å². The molecule has 0 spiro atoms. The van der Waals surface area contributed by atoms with Crippen molar-refractivity contribution in [1.29, 1.82) is 0 Å². The quantitative estimate of drug-likeness (QED) is 0.818. The lowest BCUT2D eigenvalue weighted by Crippen LogP contribution is -2.41. The van der Waals surface area contributed by atoms with E-state index in [0.717, 1.165) is 11.4 Å². The maximum absolute atomic E-state index is 12.3. The summed E-state index contributed by atoms with van der Waals surface area (Å²) in [6, 6.07) is 1.90. The molecule has 9 nitrogen and oxygen atoms in total. The molecule has 0 bridgehead atoms. The highest BCUT2D eigenvalue weighted by atomic mass is 16.4. The highest BCUT2D eigenvalue weighted by molar-refractivity contribution is 5.78. The zero-order chi connectivity index (χ0) is 18.7. The predicted octanol–water partition coefficient (Wildman–Crippen LogP) is 0.918. The van der Waals surface area contributed by atoms with Crippen LogP contribution in [0, 0.1) is 12.8 Å². The lowest BCUT2D eigenvalue weighted by Gasteiger charge is -2.30. The number of likely N-dealkylation sites (tertiary alicyclic amines) is 1. The lowest BCUT2D eigenvalue weighted by atomic mass is 9.96. The summed E-state index contributed by atoms with van der Waals surface area (Å²) in [7, 11) is 0. The molecular weight excluding hydrogens is 336 g/mol. The first-order valence-electron chi connectivity index (χ1n) is 8.92. The smallest absolute Gasteiger partial charge is 0.265 e. The molecule has 0 aliphatic carbocycles. The van der Waals surface area contributed by atoms with Crippen LogP contribution in [0.2, 0.25) is 0 Å². The number of nitrogens with zero attached hydrogens (tertiary/aromatic N) is 5. The fourth-order valence-electron chi connectivity index (χ4n) is 3.20. The molecule has 2 amide bonds. The molecule has 2 N–H and O–H groups in total. The topological polar surface area (TPSA) is 120 Å². The highest BCUT2D eigenvalue weighted by Gasteiger charge is 2.26. The summed E-state index contributed by atoms with van der Waals surface area (Å²) in [6.45, 7) is 5.74. The van der Waals surface area contributed by atoms with E-state index in [1.54, 1.807) is 9.58 Å². The molecule has 1 aliphatic heterocycles. The van der Waals surface area contributed by atoms with Crippen molar-refractivity contribution in [2.75, 3.05) is 13.1 Å². The van der Waals surface area contributed by atoms with Gasteiger partial charge in [0, 0.05) is 38.4 Å². The van der Waals surface area contributed by atoms with Crippen molar-refractivity contribution in [3.63, 3.8) is 0 Å². The van der Waals surface area contributed by atoms with Crippen molar-refractivity contribution in [2.45, 2.75) is 46.1 Å². The molecule has 2 aromatic rings. The number of rotatable bonds is 6. The zero-order valence-electron chi connectivity index (χ0n) is 15.1. The second kappa shape index (κ2) is 7.67. The third kappa shape index (κ3) is 3.92. The highest BCUT2D eigenvalue weighted by Crippen LogP contribution is 2.21. The summed E-state index contributed by atoms with van der Waals surface area (Å²) in [5.74, 6) is 0.475.